The lowest BCUT2D eigenvalue weighted by Gasteiger charge is -2.14. The summed E-state index contributed by atoms with van der Waals surface area (Å²) in [5.74, 6) is -0.997. The molecule has 0 aliphatic rings. The Bertz CT molecular complexity index is 413. The molecule has 0 saturated heterocycles. The molecule has 0 saturated carbocycles. The fourth-order valence-corrected chi connectivity index (χ4v) is 1.09. The first kappa shape index (κ1) is 14.3. The Balaban J connectivity index is 2.74. The second-order valence-corrected chi connectivity index (χ2v) is 3.90. The van der Waals surface area contributed by atoms with E-state index in [1.807, 2.05) is 0 Å². The third-order valence-electron chi connectivity index (χ3n) is 2.09. The third kappa shape index (κ3) is 4.65. The Hall–Kier alpha value is -1.72. The normalized spacial score (nSPS) is 11.4. The Kier molecular flexibility index (Phi) is 4.58. The molecule has 0 spiro atoms. The van der Waals surface area contributed by atoms with Gasteiger partial charge in [0.25, 0.3) is 0 Å². The van der Waals surface area contributed by atoms with Gasteiger partial charge in [-0.1, -0.05) is 26.0 Å². The zero-order chi connectivity index (χ0) is 13.8. The van der Waals surface area contributed by atoms with Gasteiger partial charge in [0.1, 0.15) is 6.61 Å². The maximum atomic E-state index is 12.1. The van der Waals surface area contributed by atoms with Crippen molar-refractivity contribution < 1.29 is 27.4 Å². The van der Waals surface area contributed by atoms with Crippen LogP contribution >= 0.6 is 0 Å². The van der Waals surface area contributed by atoms with E-state index in [4.69, 9.17) is 4.74 Å². The average Bonchev–Trinajstić information content (AvgIpc) is 2.25. The molecule has 0 unspecified atom stereocenters. The molecule has 1 rings (SSSR count). The highest BCUT2D eigenvalue weighted by molar-refractivity contribution is 5.81. The van der Waals surface area contributed by atoms with Crippen molar-refractivity contribution >= 4 is 5.78 Å². The molecule has 1 aromatic carbocycles. The quantitative estimate of drug-likeness (QED) is 0.817. The number of carbonyl (C=O) groups excluding carboxylic acids is 1. The monoisotopic (exact) mass is 262 g/mol. The number of hydrogen-bond donors (Lipinski definition) is 0. The molecule has 1 aromatic rings. The molecule has 0 aromatic heterocycles. The number of ether oxygens (including phenoxy) is 2. The molecule has 0 amide bonds. The lowest BCUT2D eigenvalue weighted by Crippen LogP contribution is -2.20. The molecule has 0 aliphatic carbocycles. The van der Waals surface area contributed by atoms with Gasteiger partial charge in [-0.2, -0.15) is 0 Å². The van der Waals surface area contributed by atoms with Crippen molar-refractivity contribution in [3.8, 4) is 11.5 Å². The molecule has 6 heteroatoms. The van der Waals surface area contributed by atoms with Crippen LogP contribution in [0.15, 0.2) is 24.3 Å². The summed E-state index contributed by atoms with van der Waals surface area (Å²) in [5.41, 5.74) is 0. The summed E-state index contributed by atoms with van der Waals surface area (Å²) in [6.07, 6.45) is -4.79. The van der Waals surface area contributed by atoms with E-state index in [9.17, 15) is 18.0 Å². The molecular formula is C12H13F3O3. The lowest BCUT2D eigenvalue weighted by atomic mass is 10.1. The van der Waals surface area contributed by atoms with Crippen molar-refractivity contribution in [1.29, 1.82) is 0 Å². The van der Waals surface area contributed by atoms with Crippen molar-refractivity contribution in [2.75, 3.05) is 6.61 Å². The van der Waals surface area contributed by atoms with Gasteiger partial charge >= 0.3 is 6.36 Å². The Morgan fingerprint density at radius 2 is 1.78 bits per heavy atom. The van der Waals surface area contributed by atoms with Gasteiger partial charge in [-0.05, 0) is 12.1 Å². The summed E-state index contributed by atoms with van der Waals surface area (Å²) in [5, 5.41) is 0. The molecule has 0 bridgehead atoms. The fourth-order valence-electron chi connectivity index (χ4n) is 1.09. The van der Waals surface area contributed by atoms with E-state index in [0.29, 0.717) is 0 Å². The van der Waals surface area contributed by atoms with Crippen LogP contribution < -0.4 is 9.47 Å². The standard InChI is InChI=1S/C12H13F3O3/c1-8(2)9(16)7-17-10-5-3-4-6-11(10)18-12(13,14)15/h3-6,8H,7H2,1-2H3. The number of rotatable bonds is 5. The van der Waals surface area contributed by atoms with Gasteiger partial charge in [0.2, 0.25) is 0 Å². The predicted molar refractivity (Wildman–Crippen MR) is 58.5 cm³/mol. The van der Waals surface area contributed by atoms with E-state index >= 15 is 0 Å². The molecule has 0 atom stereocenters. The van der Waals surface area contributed by atoms with E-state index in [0.717, 1.165) is 6.07 Å². The van der Waals surface area contributed by atoms with E-state index in [2.05, 4.69) is 4.74 Å². The Labute approximate surface area is 103 Å². The second kappa shape index (κ2) is 5.75. The summed E-state index contributed by atoms with van der Waals surface area (Å²) in [7, 11) is 0. The Morgan fingerprint density at radius 3 is 2.28 bits per heavy atom. The third-order valence-corrected chi connectivity index (χ3v) is 2.09. The molecule has 0 N–H and O–H groups in total. The van der Waals surface area contributed by atoms with Gasteiger partial charge in [-0.15, -0.1) is 13.2 Å². The highest BCUT2D eigenvalue weighted by atomic mass is 19.4. The van der Waals surface area contributed by atoms with Crippen LogP contribution in [0.1, 0.15) is 13.8 Å². The number of benzene rings is 1. The van der Waals surface area contributed by atoms with Crippen LogP contribution in [-0.4, -0.2) is 18.8 Å². The number of alkyl halides is 3. The number of para-hydroxylation sites is 2. The van der Waals surface area contributed by atoms with Crippen LogP contribution in [-0.2, 0) is 4.79 Å². The number of halogens is 3. The summed E-state index contributed by atoms with van der Waals surface area (Å²) in [6.45, 7) is 3.09. The summed E-state index contributed by atoms with van der Waals surface area (Å²) >= 11 is 0. The minimum Gasteiger partial charge on any atom is -0.482 e. The summed E-state index contributed by atoms with van der Waals surface area (Å²) < 4.78 is 45.1. The summed E-state index contributed by atoms with van der Waals surface area (Å²) in [4.78, 5) is 11.3. The van der Waals surface area contributed by atoms with Gasteiger partial charge in [-0.3, -0.25) is 4.79 Å². The molecular weight excluding hydrogens is 249 g/mol. The largest absolute Gasteiger partial charge is 0.573 e. The maximum Gasteiger partial charge on any atom is 0.573 e. The minimum absolute atomic E-state index is 0.108. The van der Waals surface area contributed by atoms with Crippen LogP contribution in [0, 0.1) is 5.92 Å². The minimum atomic E-state index is -4.79. The first-order valence-corrected chi connectivity index (χ1v) is 5.30. The van der Waals surface area contributed by atoms with Crippen molar-refractivity contribution in [1.82, 2.24) is 0 Å². The molecule has 0 fully saturated rings. The van der Waals surface area contributed by atoms with Crippen molar-refractivity contribution in [2.45, 2.75) is 20.2 Å². The topological polar surface area (TPSA) is 35.5 Å². The van der Waals surface area contributed by atoms with Crippen LogP contribution in [0.5, 0.6) is 11.5 Å². The lowest BCUT2D eigenvalue weighted by molar-refractivity contribution is -0.275. The molecule has 0 radical (unpaired) electrons. The molecule has 18 heavy (non-hydrogen) atoms. The number of hydrogen-bond acceptors (Lipinski definition) is 3. The number of ketones is 1. The smallest absolute Gasteiger partial charge is 0.482 e. The highest BCUT2D eigenvalue weighted by Crippen LogP contribution is 2.31. The second-order valence-electron chi connectivity index (χ2n) is 3.90. The van der Waals surface area contributed by atoms with E-state index in [-0.39, 0.29) is 24.1 Å². The van der Waals surface area contributed by atoms with Crippen molar-refractivity contribution in [3.63, 3.8) is 0 Å². The number of carbonyl (C=O) groups is 1. The molecule has 3 nitrogen and oxygen atoms in total. The van der Waals surface area contributed by atoms with Gasteiger partial charge in [0.15, 0.2) is 17.3 Å². The zero-order valence-corrected chi connectivity index (χ0v) is 9.95. The van der Waals surface area contributed by atoms with Crippen LogP contribution in [0.25, 0.3) is 0 Å². The van der Waals surface area contributed by atoms with Crippen LogP contribution in [0.3, 0.4) is 0 Å². The maximum absolute atomic E-state index is 12.1. The highest BCUT2D eigenvalue weighted by Gasteiger charge is 2.32. The fraction of sp³-hybridized carbons (Fsp3) is 0.417. The molecule has 0 heterocycles. The SMILES string of the molecule is CC(C)C(=O)COc1ccccc1OC(F)(F)F. The first-order valence-electron chi connectivity index (χ1n) is 5.30. The average molecular weight is 262 g/mol. The predicted octanol–water partition coefficient (Wildman–Crippen LogP) is 3.19. The molecule has 100 valence electrons. The zero-order valence-electron chi connectivity index (χ0n) is 9.95. The number of Topliss-reactive ketones (excluding diaryl/α,β-unsaturated/α-hetero) is 1. The molecule has 0 aliphatic heterocycles. The van der Waals surface area contributed by atoms with E-state index < -0.39 is 12.1 Å². The van der Waals surface area contributed by atoms with E-state index in [1.165, 1.54) is 18.2 Å². The Morgan fingerprint density at radius 1 is 1.22 bits per heavy atom. The van der Waals surface area contributed by atoms with Gasteiger partial charge in [0.05, 0.1) is 0 Å². The van der Waals surface area contributed by atoms with E-state index in [1.54, 1.807) is 13.8 Å². The summed E-state index contributed by atoms with van der Waals surface area (Å²) in [6, 6.07) is 5.33. The van der Waals surface area contributed by atoms with Gasteiger partial charge in [0, 0.05) is 5.92 Å². The van der Waals surface area contributed by atoms with Crippen molar-refractivity contribution in [3.05, 3.63) is 24.3 Å². The van der Waals surface area contributed by atoms with Crippen LogP contribution in [0.4, 0.5) is 13.2 Å². The van der Waals surface area contributed by atoms with Crippen LogP contribution in [0.2, 0.25) is 0 Å². The first-order chi connectivity index (χ1) is 8.29. The van der Waals surface area contributed by atoms with Crippen molar-refractivity contribution in [2.24, 2.45) is 5.92 Å². The van der Waals surface area contributed by atoms with Gasteiger partial charge in [-0.25, -0.2) is 0 Å². The van der Waals surface area contributed by atoms with Gasteiger partial charge < -0.3 is 9.47 Å².